The van der Waals surface area contributed by atoms with Crippen LogP contribution in [0.5, 0.6) is 0 Å². The number of carboxylic acid groups (broad SMARTS) is 1. The van der Waals surface area contributed by atoms with Gasteiger partial charge in [0.25, 0.3) is 0 Å². The maximum Gasteiger partial charge on any atom is 0.416 e. The third-order valence-corrected chi connectivity index (χ3v) is 3.87. The fraction of sp³-hybridized carbons (Fsp3) is 0.364. The second-order valence-corrected chi connectivity index (χ2v) is 5.08. The summed E-state index contributed by atoms with van der Waals surface area (Å²) < 4.78 is 37.6. The molecule has 2 rings (SSSR count). The summed E-state index contributed by atoms with van der Waals surface area (Å²) in [6, 6.07) is 3.42. The van der Waals surface area contributed by atoms with Crippen LogP contribution in [0.25, 0.3) is 0 Å². The van der Waals surface area contributed by atoms with Crippen molar-refractivity contribution in [1.82, 2.24) is 0 Å². The minimum absolute atomic E-state index is 0.207. The van der Waals surface area contributed by atoms with Crippen molar-refractivity contribution in [3.05, 3.63) is 29.3 Å². The number of thioether (sulfide) groups is 1. The molecule has 1 aromatic rings. The molecule has 3 nitrogen and oxygen atoms in total. The maximum atomic E-state index is 12.5. The minimum atomic E-state index is -4.38. The van der Waals surface area contributed by atoms with Crippen LogP contribution in [0.3, 0.4) is 0 Å². The number of alkyl halides is 3. The monoisotopic (exact) mass is 277 g/mol. The van der Waals surface area contributed by atoms with Gasteiger partial charge in [0.1, 0.15) is 5.25 Å². The highest BCUT2D eigenvalue weighted by molar-refractivity contribution is 7.99. The standard InChI is InChI=1S/C11H10F3NO2S/c12-11(13,14)7-1-2-8-6(3-7)5-18-9(4-15-8)10(16)17/h1-3,9,15H,4-5H2,(H,16,17)/t9-/m0/s1. The molecule has 0 fully saturated rings. The van der Waals surface area contributed by atoms with Crippen molar-refractivity contribution < 1.29 is 23.1 Å². The van der Waals surface area contributed by atoms with E-state index in [1.54, 1.807) is 0 Å². The summed E-state index contributed by atoms with van der Waals surface area (Å²) in [6.45, 7) is 0.207. The fourth-order valence-corrected chi connectivity index (χ4v) is 2.64. The van der Waals surface area contributed by atoms with Gasteiger partial charge in [0.15, 0.2) is 0 Å². The van der Waals surface area contributed by atoms with Crippen LogP contribution in [0.1, 0.15) is 11.1 Å². The zero-order valence-corrected chi connectivity index (χ0v) is 9.94. The summed E-state index contributed by atoms with van der Waals surface area (Å²) in [5.41, 5.74) is 0.343. The second kappa shape index (κ2) is 4.72. The summed E-state index contributed by atoms with van der Waals surface area (Å²) in [5, 5.41) is 11.1. The summed E-state index contributed by atoms with van der Waals surface area (Å²) in [5.74, 6) is -0.709. The summed E-state index contributed by atoms with van der Waals surface area (Å²) >= 11 is 1.12. The fourth-order valence-electron chi connectivity index (χ4n) is 1.67. The van der Waals surface area contributed by atoms with Gasteiger partial charge in [0.05, 0.1) is 5.56 Å². The first kappa shape index (κ1) is 13.1. The molecular formula is C11H10F3NO2S. The molecule has 1 aliphatic heterocycles. The van der Waals surface area contributed by atoms with Gasteiger partial charge in [-0.2, -0.15) is 13.2 Å². The Kier molecular flexibility index (Phi) is 3.43. The van der Waals surface area contributed by atoms with E-state index < -0.39 is 23.0 Å². The number of nitrogens with one attached hydrogen (secondary N) is 1. The second-order valence-electron chi connectivity index (χ2n) is 3.89. The van der Waals surface area contributed by atoms with Crippen molar-refractivity contribution in [2.75, 3.05) is 11.9 Å². The normalized spacial score (nSPS) is 19.6. The van der Waals surface area contributed by atoms with Crippen LogP contribution in [-0.4, -0.2) is 22.9 Å². The number of fused-ring (bicyclic) bond motifs is 1. The van der Waals surface area contributed by atoms with Crippen LogP contribution < -0.4 is 5.32 Å². The first-order valence-electron chi connectivity index (χ1n) is 5.16. The number of halogens is 3. The lowest BCUT2D eigenvalue weighted by atomic mass is 10.1. The molecule has 0 saturated heterocycles. The van der Waals surface area contributed by atoms with Gasteiger partial charge in [0, 0.05) is 18.0 Å². The Morgan fingerprint density at radius 2 is 2.17 bits per heavy atom. The van der Waals surface area contributed by atoms with E-state index >= 15 is 0 Å². The highest BCUT2D eigenvalue weighted by Crippen LogP contribution is 2.35. The Labute approximate surface area is 105 Å². The third kappa shape index (κ3) is 2.72. The number of hydrogen-bond donors (Lipinski definition) is 2. The van der Waals surface area contributed by atoms with Crippen LogP contribution in [0.4, 0.5) is 18.9 Å². The minimum Gasteiger partial charge on any atom is -0.480 e. The topological polar surface area (TPSA) is 49.3 Å². The molecule has 0 aromatic heterocycles. The molecular weight excluding hydrogens is 267 g/mol. The van der Waals surface area contributed by atoms with E-state index in [0.29, 0.717) is 11.3 Å². The van der Waals surface area contributed by atoms with Crippen molar-refractivity contribution >= 4 is 23.4 Å². The quantitative estimate of drug-likeness (QED) is 0.828. The van der Waals surface area contributed by atoms with Gasteiger partial charge < -0.3 is 10.4 Å². The molecule has 7 heteroatoms. The number of carbonyl (C=O) groups is 1. The van der Waals surface area contributed by atoms with Crippen molar-refractivity contribution in [3.63, 3.8) is 0 Å². The van der Waals surface area contributed by atoms with Gasteiger partial charge in [-0.1, -0.05) is 0 Å². The first-order valence-corrected chi connectivity index (χ1v) is 6.21. The number of rotatable bonds is 1. The Balaban J connectivity index is 2.26. The summed E-state index contributed by atoms with van der Waals surface area (Å²) in [7, 11) is 0. The number of hydrogen-bond acceptors (Lipinski definition) is 3. The summed E-state index contributed by atoms with van der Waals surface area (Å²) in [4.78, 5) is 10.8. The zero-order chi connectivity index (χ0) is 13.3. The van der Waals surface area contributed by atoms with Crippen molar-refractivity contribution in [1.29, 1.82) is 0 Å². The predicted octanol–water partition coefficient (Wildman–Crippen LogP) is 2.82. The van der Waals surface area contributed by atoms with E-state index in [2.05, 4.69) is 5.32 Å². The lowest BCUT2D eigenvalue weighted by molar-refractivity contribution is -0.138. The Bertz CT molecular complexity index is 476. The van der Waals surface area contributed by atoms with E-state index in [1.165, 1.54) is 6.07 Å². The lowest BCUT2D eigenvalue weighted by Gasteiger charge is -2.11. The van der Waals surface area contributed by atoms with E-state index in [0.717, 1.165) is 23.9 Å². The molecule has 1 atom stereocenters. The van der Waals surface area contributed by atoms with Crippen molar-refractivity contribution in [2.24, 2.45) is 0 Å². The average Bonchev–Trinajstić information content (AvgIpc) is 2.48. The highest BCUT2D eigenvalue weighted by atomic mass is 32.2. The van der Waals surface area contributed by atoms with Crippen molar-refractivity contribution in [2.45, 2.75) is 17.2 Å². The van der Waals surface area contributed by atoms with Gasteiger partial charge in [-0.15, -0.1) is 11.8 Å². The smallest absolute Gasteiger partial charge is 0.416 e. The van der Waals surface area contributed by atoms with Crippen LogP contribution in [-0.2, 0) is 16.7 Å². The van der Waals surface area contributed by atoms with Gasteiger partial charge >= 0.3 is 12.1 Å². The molecule has 18 heavy (non-hydrogen) atoms. The Morgan fingerprint density at radius 3 is 2.78 bits per heavy atom. The van der Waals surface area contributed by atoms with Crippen LogP contribution >= 0.6 is 11.8 Å². The largest absolute Gasteiger partial charge is 0.480 e. The molecule has 0 spiro atoms. The predicted molar refractivity (Wildman–Crippen MR) is 62.7 cm³/mol. The number of anilines is 1. The van der Waals surface area contributed by atoms with Gasteiger partial charge in [-0.3, -0.25) is 4.79 Å². The Morgan fingerprint density at radius 1 is 1.44 bits per heavy atom. The van der Waals surface area contributed by atoms with Crippen LogP contribution in [0, 0.1) is 0 Å². The van der Waals surface area contributed by atoms with Crippen LogP contribution in [0.2, 0.25) is 0 Å². The van der Waals surface area contributed by atoms with Gasteiger partial charge in [-0.25, -0.2) is 0 Å². The molecule has 0 radical (unpaired) electrons. The molecule has 1 heterocycles. The molecule has 0 unspecified atom stereocenters. The maximum absolute atomic E-state index is 12.5. The third-order valence-electron chi connectivity index (χ3n) is 2.63. The first-order chi connectivity index (χ1) is 8.38. The molecule has 0 bridgehead atoms. The molecule has 0 saturated carbocycles. The molecule has 98 valence electrons. The lowest BCUT2D eigenvalue weighted by Crippen LogP contribution is -2.24. The van der Waals surface area contributed by atoms with Crippen molar-refractivity contribution in [3.8, 4) is 0 Å². The van der Waals surface area contributed by atoms with E-state index in [-0.39, 0.29) is 12.3 Å². The van der Waals surface area contributed by atoms with E-state index in [1.807, 2.05) is 0 Å². The summed E-state index contributed by atoms with van der Waals surface area (Å²) in [6.07, 6.45) is -4.38. The van der Waals surface area contributed by atoms with Gasteiger partial charge in [-0.05, 0) is 23.8 Å². The molecule has 0 amide bonds. The molecule has 1 aliphatic rings. The van der Waals surface area contributed by atoms with Crippen LogP contribution in [0.15, 0.2) is 18.2 Å². The van der Waals surface area contributed by atoms with E-state index in [9.17, 15) is 18.0 Å². The number of benzene rings is 1. The molecule has 1 aromatic carbocycles. The SMILES string of the molecule is O=C(O)[C@@H]1CNc2ccc(C(F)(F)F)cc2CS1. The average molecular weight is 277 g/mol. The van der Waals surface area contributed by atoms with E-state index in [4.69, 9.17) is 5.11 Å². The molecule has 0 aliphatic carbocycles. The molecule has 2 N–H and O–H groups in total. The Hall–Kier alpha value is -1.37. The number of aliphatic carboxylic acids is 1. The van der Waals surface area contributed by atoms with Gasteiger partial charge in [0.2, 0.25) is 0 Å². The number of carboxylic acids is 1. The zero-order valence-electron chi connectivity index (χ0n) is 9.12. The highest BCUT2D eigenvalue weighted by Gasteiger charge is 2.31.